The van der Waals surface area contributed by atoms with E-state index in [4.69, 9.17) is 5.73 Å². The average molecular weight is 405 g/mol. The minimum absolute atomic E-state index is 0.156. The smallest absolute Gasteiger partial charge is 0.0295 e. The average Bonchev–Trinajstić information content (AvgIpc) is 2.40. The van der Waals surface area contributed by atoms with Crippen LogP contribution in [-0.2, 0) is 0 Å². The van der Waals surface area contributed by atoms with Gasteiger partial charge in [-0.2, -0.15) is 0 Å². The number of benzene rings is 1. The maximum absolute atomic E-state index is 6.27. The van der Waals surface area contributed by atoms with Crippen molar-refractivity contribution in [2.45, 2.75) is 70.8 Å². The van der Waals surface area contributed by atoms with Gasteiger partial charge >= 0.3 is 0 Å². The molecular weight excluding hydrogens is 378 g/mol. The molecule has 0 saturated heterocycles. The van der Waals surface area contributed by atoms with Gasteiger partial charge in [-0.05, 0) is 30.2 Å². The van der Waals surface area contributed by atoms with Crippen LogP contribution >= 0.6 is 31.9 Å². The molecule has 0 aliphatic heterocycles. The highest BCUT2D eigenvalue weighted by atomic mass is 79.9. The molecule has 114 valence electrons. The standard InChI is InChI=1S/C17H27Br2N/c1-2-3-4-5-6-7-8-9-10-17(20)14-11-15(18)13-16(19)12-14/h11-13,17H,2-10,20H2,1H3. The van der Waals surface area contributed by atoms with Gasteiger partial charge < -0.3 is 5.73 Å². The van der Waals surface area contributed by atoms with Crippen LogP contribution < -0.4 is 5.73 Å². The van der Waals surface area contributed by atoms with Crippen molar-refractivity contribution in [1.29, 1.82) is 0 Å². The lowest BCUT2D eigenvalue weighted by Gasteiger charge is -2.13. The van der Waals surface area contributed by atoms with Gasteiger partial charge in [-0.25, -0.2) is 0 Å². The topological polar surface area (TPSA) is 26.0 Å². The van der Waals surface area contributed by atoms with Crippen LogP contribution in [0.2, 0.25) is 0 Å². The van der Waals surface area contributed by atoms with Crippen molar-refractivity contribution in [3.63, 3.8) is 0 Å². The predicted molar refractivity (Wildman–Crippen MR) is 96.0 cm³/mol. The molecule has 1 atom stereocenters. The van der Waals surface area contributed by atoms with Crippen LogP contribution in [0.5, 0.6) is 0 Å². The summed E-state index contributed by atoms with van der Waals surface area (Å²) in [6.07, 6.45) is 11.9. The molecule has 1 rings (SSSR count). The molecule has 0 aromatic heterocycles. The Bertz CT molecular complexity index is 359. The van der Waals surface area contributed by atoms with Crippen LogP contribution in [-0.4, -0.2) is 0 Å². The Hall–Kier alpha value is 0.140. The zero-order chi connectivity index (χ0) is 14.8. The third-order valence-electron chi connectivity index (χ3n) is 3.68. The fourth-order valence-corrected chi connectivity index (χ4v) is 3.78. The summed E-state index contributed by atoms with van der Waals surface area (Å²) in [6.45, 7) is 2.27. The maximum atomic E-state index is 6.27. The quantitative estimate of drug-likeness (QED) is 0.429. The second kappa shape index (κ2) is 10.8. The molecule has 1 aromatic rings. The summed E-state index contributed by atoms with van der Waals surface area (Å²) in [6, 6.07) is 6.45. The van der Waals surface area contributed by atoms with Crippen molar-refractivity contribution in [3.05, 3.63) is 32.7 Å². The molecule has 0 amide bonds. The van der Waals surface area contributed by atoms with Crippen LogP contribution in [0.25, 0.3) is 0 Å². The highest BCUT2D eigenvalue weighted by Crippen LogP contribution is 2.25. The second-order valence-electron chi connectivity index (χ2n) is 5.57. The number of rotatable bonds is 10. The molecular formula is C17H27Br2N. The van der Waals surface area contributed by atoms with Crippen LogP contribution in [0, 0.1) is 0 Å². The Morgan fingerprint density at radius 2 is 1.35 bits per heavy atom. The van der Waals surface area contributed by atoms with E-state index in [1.165, 1.54) is 56.9 Å². The van der Waals surface area contributed by atoms with Gasteiger partial charge in [0.15, 0.2) is 0 Å². The Kier molecular flexibility index (Phi) is 9.83. The van der Waals surface area contributed by atoms with E-state index in [0.29, 0.717) is 0 Å². The molecule has 3 heteroatoms. The number of nitrogens with two attached hydrogens (primary N) is 1. The van der Waals surface area contributed by atoms with E-state index in [1.807, 2.05) is 6.07 Å². The van der Waals surface area contributed by atoms with Gasteiger partial charge in [-0.1, -0.05) is 90.2 Å². The van der Waals surface area contributed by atoms with Crippen molar-refractivity contribution in [1.82, 2.24) is 0 Å². The predicted octanol–water partition coefficient (Wildman–Crippen LogP) is 6.74. The van der Waals surface area contributed by atoms with Crippen molar-refractivity contribution >= 4 is 31.9 Å². The van der Waals surface area contributed by atoms with E-state index in [2.05, 4.69) is 50.9 Å². The largest absolute Gasteiger partial charge is 0.324 e. The van der Waals surface area contributed by atoms with Crippen molar-refractivity contribution in [3.8, 4) is 0 Å². The molecule has 0 radical (unpaired) electrons. The highest BCUT2D eigenvalue weighted by Gasteiger charge is 2.07. The minimum Gasteiger partial charge on any atom is -0.324 e. The first-order valence-corrected chi connectivity index (χ1v) is 9.43. The van der Waals surface area contributed by atoms with Gasteiger partial charge in [0.25, 0.3) is 0 Å². The number of halogens is 2. The Morgan fingerprint density at radius 3 is 1.90 bits per heavy atom. The molecule has 0 bridgehead atoms. The first kappa shape index (κ1) is 18.2. The third kappa shape index (κ3) is 7.80. The van der Waals surface area contributed by atoms with Gasteiger partial charge in [0.05, 0.1) is 0 Å². The summed E-state index contributed by atoms with van der Waals surface area (Å²) < 4.78 is 2.18. The monoisotopic (exact) mass is 403 g/mol. The molecule has 0 saturated carbocycles. The molecule has 2 N–H and O–H groups in total. The lowest BCUT2D eigenvalue weighted by molar-refractivity contribution is 0.536. The van der Waals surface area contributed by atoms with Gasteiger partial charge in [-0.15, -0.1) is 0 Å². The summed E-state index contributed by atoms with van der Waals surface area (Å²) in [5.74, 6) is 0. The molecule has 0 fully saturated rings. The zero-order valence-electron chi connectivity index (χ0n) is 12.5. The summed E-state index contributed by atoms with van der Waals surface area (Å²) in [5, 5.41) is 0. The van der Waals surface area contributed by atoms with Gasteiger partial charge in [0.2, 0.25) is 0 Å². The van der Waals surface area contributed by atoms with Crippen LogP contribution in [0.15, 0.2) is 27.1 Å². The lowest BCUT2D eigenvalue weighted by Crippen LogP contribution is -2.10. The lowest BCUT2D eigenvalue weighted by atomic mass is 10.0. The fourth-order valence-electron chi connectivity index (χ4n) is 2.45. The molecule has 1 unspecified atom stereocenters. The van der Waals surface area contributed by atoms with Gasteiger partial charge in [0, 0.05) is 15.0 Å². The van der Waals surface area contributed by atoms with Crippen molar-refractivity contribution in [2.24, 2.45) is 5.73 Å². The number of hydrogen-bond donors (Lipinski definition) is 1. The summed E-state index contributed by atoms with van der Waals surface area (Å²) in [5.41, 5.74) is 7.49. The molecule has 1 aromatic carbocycles. The fraction of sp³-hybridized carbons (Fsp3) is 0.647. The van der Waals surface area contributed by atoms with E-state index < -0.39 is 0 Å². The summed E-state index contributed by atoms with van der Waals surface area (Å²) in [7, 11) is 0. The maximum Gasteiger partial charge on any atom is 0.0295 e. The molecule has 0 aliphatic carbocycles. The molecule has 0 heterocycles. The molecule has 0 spiro atoms. The molecule has 20 heavy (non-hydrogen) atoms. The van der Waals surface area contributed by atoms with E-state index in [0.717, 1.165) is 15.4 Å². The summed E-state index contributed by atoms with van der Waals surface area (Å²) in [4.78, 5) is 0. The van der Waals surface area contributed by atoms with E-state index in [-0.39, 0.29) is 6.04 Å². The first-order chi connectivity index (χ1) is 9.63. The number of unbranched alkanes of at least 4 members (excludes halogenated alkanes) is 7. The highest BCUT2D eigenvalue weighted by molar-refractivity contribution is 9.11. The van der Waals surface area contributed by atoms with E-state index in [9.17, 15) is 0 Å². The van der Waals surface area contributed by atoms with Crippen molar-refractivity contribution in [2.75, 3.05) is 0 Å². The third-order valence-corrected chi connectivity index (χ3v) is 4.60. The molecule has 1 nitrogen and oxygen atoms in total. The Morgan fingerprint density at radius 1 is 0.850 bits per heavy atom. The van der Waals surface area contributed by atoms with E-state index >= 15 is 0 Å². The van der Waals surface area contributed by atoms with Crippen molar-refractivity contribution < 1.29 is 0 Å². The van der Waals surface area contributed by atoms with Gasteiger partial charge in [0.1, 0.15) is 0 Å². The normalized spacial score (nSPS) is 12.6. The minimum atomic E-state index is 0.156. The van der Waals surface area contributed by atoms with Gasteiger partial charge in [-0.3, -0.25) is 0 Å². The Balaban J connectivity index is 2.15. The molecule has 0 aliphatic rings. The second-order valence-corrected chi connectivity index (χ2v) is 7.40. The van der Waals surface area contributed by atoms with E-state index in [1.54, 1.807) is 0 Å². The van der Waals surface area contributed by atoms with Crippen LogP contribution in [0.4, 0.5) is 0 Å². The Labute approximate surface area is 141 Å². The number of hydrogen-bond acceptors (Lipinski definition) is 1. The first-order valence-electron chi connectivity index (χ1n) is 7.85. The van der Waals surface area contributed by atoms with Crippen LogP contribution in [0.1, 0.15) is 76.3 Å². The van der Waals surface area contributed by atoms with Crippen LogP contribution in [0.3, 0.4) is 0 Å². The zero-order valence-corrected chi connectivity index (χ0v) is 15.7. The summed E-state index contributed by atoms with van der Waals surface area (Å²) >= 11 is 7.04. The SMILES string of the molecule is CCCCCCCCCCC(N)c1cc(Br)cc(Br)c1.